The molecule has 2 heterocycles. The van der Waals surface area contributed by atoms with Crippen LogP contribution in [-0.4, -0.2) is 41.3 Å². The van der Waals surface area contributed by atoms with E-state index in [0.717, 1.165) is 35.0 Å². The van der Waals surface area contributed by atoms with E-state index in [-0.39, 0.29) is 0 Å². The zero-order valence-corrected chi connectivity index (χ0v) is 15.4. The second kappa shape index (κ2) is 7.59. The number of carboxylic acids is 1. The molecule has 8 heteroatoms. The third-order valence-electron chi connectivity index (χ3n) is 4.78. The minimum Gasteiger partial charge on any atom is -0.480 e. The monoisotopic (exact) mass is 376 g/mol. The molecular formula is C20H20N6O2. The Kier molecular flexibility index (Phi) is 4.84. The van der Waals surface area contributed by atoms with Gasteiger partial charge in [-0.2, -0.15) is 5.21 Å². The molecule has 1 unspecified atom stereocenters. The Morgan fingerprint density at radius 3 is 2.61 bits per heavy atom. The lowest BCUT2D eigenvalue weighted by molar-refractivity contribution is -0.141. The Hall–Kier alpha value is -3.55. The van der Waals surface area contributed by atoms with Crippen LogP contribution in [-0.2, 0) is 4.79 Å². The number of carbonyl (C=O) groups is 1. The van der Waals surface area contributed by atoms with E-state index < -0.39 is 12.0 Å². The fourth-order valence-corrected chi connectivity index (χ4v) is 3.46. The maximum Gasteiger partial charge on any atom is 0.326 e. The van der Waals surface area contributed by atoms with Gasteiger partial charge < -0.3 is 9.67 Å². The van der Waals surface area contributed by atoms with Gasteiger partial charge in [0.05, 0.1) is 11.0 Å². The quantitative estimate of drug-likeness (QED) is 0.509. The van der Waals surface area contributed by atoms with Gasteiger partial charge in [0.1, 0.15) is 11.9 Å². The number of imidazole rings is 1. The average molecular weight is 376 g/mol. The molecule has 28 heavy (non-hydrogen) atoms. The van der Waals surface area contributed by atoms with E-state index in [0.29, 0.717) is 18.1 Å². The summed E-state index contributed by atoms with van der Waals surface area (Å²) in [5.74, 6) is 0.162. The van der Waals surface area contributed by atoms with Crippen LogP contribution < -0.4 is 0 Å². The van der Waals surface area contributed by atoms with Crippen molar-refractivity contribution in [2.75, 3.05) is 0 Å². The largest absolute Gasteiger partial charge is 0.480 e. The summed E-state index contributed by atoms with van der Waals surface area (Å²) < 4.78 is 1.83. The number of fused-ring (bicyclic) bond motifs is 1. The SMILES string of the molecule is CCCCC(C(=O)O)n1c(-c2ccccc2-c2nn[nH]n2)nc2ccccc21. The van der Waals surface area contributed by atoms with Crippen LogP contribution in [0.15, 0.2) is 48.5 Å². The van der Waals surface area contributed by atoms with E-state index in [1.807, 2.05) is 53.1 Å². The van der Waals surface area contributed by atoms with Crippen molar-refractivity contribution in [3.05, 3.63) is 48.5 Å². The van der Waals surface area contributed by atoms with E-state index >= 15 is 0 Å². The number of nitrogens with zero attached hydrogens (tertiary/aromatic N) is 5. The zero-order valence-electron chi connectivity index (χ0n) is 15.4. The highest BCUT2D eigenvalue weighted by Gasteiger charge is 2.27. The number of aromatic nitrogens is 6. The van der Waals surface area contributed by atoms with Gasteiger partial charge in [0, 0.05) is 11.1 Å². The van der Waals surface area contributed by atoms with Crippen LogP contribution in [0, 0.1) is 0 Å². The van der Waals surface area contributed by atoms with E-state index in [1.54, 1.807) is 0 Å². The van der Waals surface area contributed by atoms with Crippen molar-refractivity contribution in [3.8, 4) is 22.8 Å². The molecule has 2 aromatic heterocycles. The maximum atomic E-state index is 12.2. The third kappa shape index (κ3) is 3.13. The van der Waals surface area contributed by atoms with E-state index in [2.05, 4.69) is 27.5 Å². The van der Waals surface area contributed by atoms with Crippen molar-refractivity contribution in [1.29, 1.82) is 0 Å². The van der Waals surface area contributed by atoms with Gasteiger partial charge in [-0.15, -0.1) is 10.2 Å². The first-order valence-electron chi connectivity index (χ1n) is 9.23. The fraction of sp³-hybridized carbons (Fsp3) is 0.250. The van der Waals surface area contributed by atoms with Crippen LogP contribution in [0.4, 0.5) is 0 Å². The first-order valence-corrected chi connectivity index (χ1v) is 9.23. The summed E-state index contributed by atoms with van der Waals surface area (Å²) in [4.78, 5) is 16.9. The number of aromatic amines is 1. The smallest absolute Gasteiger partial charge is 0.326 e. The van der Waals surface area contributed by atoms with Gasteiger partial charge in [0.25, 0.3) is 0 Å². The summed E-state index contributed by atoms with van der Waals surface area (Å²) in [6.45, 7) is 2.05. The van der Waals surface area contributed by atoms with Gasteiger partial charge in [-0.25, -0.2) is 9.78 Å². The Morgan fingerprint density at radius 2 is 1.89 bits per heavy atom. The lowest BCUT2D eigenvalue weighted by Gasteiger charge is -2.18. The molecule has 0 aliphatic heterocycles. The first kappa shape index (κ1) is 17.8. The average Bonchev–Trinajstić information content (AvgIpc) is 3.36. The van der Waals surface area contributed by atoms with Crippen LogP contribution in [0.3, 0.4) is 0 Å². The summed E-state index contributed by atoms with van der Waals surface area (Å²) in [6, 6.07) is 14.5. The maximum absolute atomic E-state index is 12.2. The molecule has 4 rings (SSSR count). The highest BCUT2D eigenvalue weighted by molar-refractivity contribution is 5.87. The van der Waals surface area contributed by atoms with Crippen molar-refractivity contribution >= 4 is 17.0 Å². The van der Waals surface area contributed by atoms with E-state index in [9.17, 15) is 9.90 Å². The lowest BCUT2D eigenvalue weighted by Crippen LogP contribution is -2.20. The van der Waals surface area contributed by atoms with Crippen molar-refractivity contribution in [2.45, 2.75) is 32.2 Å². The normalized spacial score (nSPS) is 12.3. The molecule has 0 spiro atoms. The Morgan fingerprint density at radius 1 is 1.14 bits per heavy atom. The molecule has 0 fully saturated rings. The topological polar surface area (TPSA) is 110 Å². The summed E-state index contributed by atoms with van der Waals surface area (Å²) >= 11 is 0. The molecule has 2 aromatic carbocycles. The fourth-order valence-electron chi connectivity index (χ4n) is 3.46. The number of nitrogens with one attached hydrogen (secondary N) is 1. The summed E-state index contributed by atoms with van der Waals surface area (Å²) in [7, 11) is 0. The van der Waals surface area contributed by atoms with Gasteiger partial charge in [0.15, 0.2) is 0 Å². The van der Waals surface area contributed by atoms with Crippen molar-refractivity contribution in [1.82, 2.24) is 30.2 Å². The third-order valence-corrected chi connectivity index (χ3v) is 4.78. The molecule has 0 aliphatic carbocycles. The lowest BCUT2D eigenvalue weighted by atomic mass is 10.0. The molecule has 1 atom stereocenters. The number of carboxylic acid groups (broad SMARTS) is 1. The zero-order chi connectivity index (χ0) is 19.5. The summed E-state index contributed by atoms with van der Waals surface area (Å²) in [5.41, 5.74) is 3.06. The van der Waals surface area contributed by atoms with Crippen LogP contribution in [0.25, 0.3) is 33.8 Å². The van der Waals surface area contributed by atoms with Gasteiger partial charge >= 0.3 is 5.97 Å². The number of rotatable bonds is 7. The number of tetrazole rings is 1. The highest BCUT2D eigenvalue weighted by atomic mass is 16.4. The molecular weight excluding hydrogens is 356 g/mol. The predicted molar refractivity (Wildman–Crippen MR) is 105 cm³/mol. The van der Waals surface area contributed by atoms with Gasteiger partial charge in [-0.1, -0.05) is 56.2 Å². The molecule has 4 aromatic rings. The summed E-state index contributed by atoms with van der Waals surface area (Å²) in [6.07, 6.45) is 2.27. The molecule has 0 aliphatic rings. The molecule has 142 valence electrons. The van der Waals surface area contributed by atoms with Crippen molar-refractivity contribution in [2.24, 2.45) is 0 Å². The number of benzene rings is 2. The van der Waals surface area contributed by atoms with Gasteiger partial charge in [0.2, 0.25) is 5.82 Å². The molecule has 2 N–H and O–H groups in total. The van der Waals surface area contributed by atoms with Crippen LogP contribution in [0.1, 0.15) is 32.2 Å². The minimum absolute atomic E-state index is 0.439. The van der Waals surface area contributed by atoms with E-state index in [4.69, 9.17) is 4.98 Å². The Balaban J connectivity index is 1.97. The number of aliphatic carboxylic acids is 1. The first-order chi connectivity index (χ1) is 13.7. The summed E-state index contributed by atoms with van der Waals surface area (Å²) in [5, 5.41) is 24.2. The second-order valence-corrected chi connectivity index (χ2v) is 6.57. The Labute approximate surface area is 161 Å². The molecule has 8 nitrogen and oxygen atoms in total. The second-order valence-electron chi connectivity index (χ2n) is 6.57. The predicted octanol–water partition coefficient (Wildman–Crippen LogP) is 3.70. The van der Waals surface area contributed by atoms with Crippen molar-refractivity contribution in [3.63, 3.8) is 0 Å². The van der Waals surface area contributed by atoms with Crippen LogP contribution >= 0.6 is 0 Å². The van der Waals surface area contributed by atoms with Gasteiger partial charge in [-0.3, -0.25) is 0 Å². The number of hydrogen-bond acceptors (Lipinski definition) is 5. The van der Waals surface area contributed by atoms with Crippen LogP contribution in [0.2, 0.25) is 0 Å². The van der Waals surface area contributed by atoms with E-state index in [1.165, 1.54) is 0 Å². The molecule has 0 saturated carbocycles. The minimum atomic E-state index is -0.866. The molecule has 0 bridgehead atoms. The Bertz CT molecular complexity index is 1100. The number of hydrogen-bond donors (Lipinski definition) is 2. The molecule has 0 saturated heterocycles. The number of unbranched alkanes of at least 4 members (excludes halogenated alkanes) is 1. The van der Waals surface area contributed by atoms with Gasteiger partial charge in [-0.05, 0) is 23.8 Å². The number of H-pyrrole nitrogens is 1. The van der Waals surface area contributed by atoms with Crippen LogP contribution in [0.5, 0.6) is 0 Å². The number of para-hydroxylation sites is 2. The molecule has 0 radical (unpaired) electrons. The standard InChI is InChI=1S/C20H20N6O2/c1-2-3-11-17(20(27)28)26-16-12-7-6-10-15(16)21-19(26)14-9-5-4-8-13(14)18-22-24-25-23-18/h4-10,12,17H,2-3,11H2,1H3,(H,27,28)(H,22,23,24,25). The highest BCUT2D eigenvalue weighted by Crippen LogP contribution is 2.35. The van der Waals surface area contributed by atoms with Crippen molar-refractivity contribution < 1.29 is 9.90 Å². The molecule has 0 amide bonds.